The predicted octanol–water partition coefficient (Wildman–Crippen LogP) is 2.77. The highest BCUT2D eigenvalue weighted by Crippen LogP contribution is 2.31. The number of ether oxygens (including phenoxy) is 1. The minimum Gasteiger partial charge on any atom is -0.481 e. The molecule has 3 N–H and O–H groups in total. The molecule has 4 rings (SSSR count). The highest BCUT2D eigenvalue weighted by Gasteiger charge is 2.35. The Morgan fingerprint density at radius 1 is 1.26 bits per heavy atom. The number of thiazole rings is 1. The molecule has 1 aromatic carbocycles. The lowest BCUT2D eigenvalue weighted by molar-refractivity contribution is 0.103. The van der Waals surface area contributed by atoms with Gasteiger partial charge in [0, 0.05) is 25.3 Å². The lowest BCUT2D eigenvalue weighted by Crippen LogP contribution is -2.46. The Hall–Kier alpha value is -2.90. The van der Waals surface area contributed by atoms with Crippen molar-refractivity contribution in [2.75, 3.05) is 31.2 Å². The summed E-state index contributed by atoms with van der Waals surface area (Å²) >= 11 is 0.907. The average Bonchev–Trinajstić information content (AvgIpc) is 3.19. The van der Waals surface area contributed by atoms with Crippen LogP contribution in [0.5, 0.6) is 0 Å². The van der Waals surface area contributed by atoms with Gasteiger partial charge in [-0.2, -0.15) is 0 Å². The number of nitrogens with one attached hydrogen (secondary N) is 1. The normalized spacial score (nSPS) is 19.6. The number of hydrogen-bond acceptors (Lipinski definition) is 9. The molecule has 0 saturated carbocycles. The van der Waals surface area contributed by atoms with Crippen LogP contribution in [0.25, 0.3) is 0 Å². The number of methoxy groups -OCH3 is 1. The third-order valence-electron chi connectivity index (χ3n) is 5.68. The lowest BCUT2D eigenvalue weighted by atomic mass is 10.1. The van der Waals surface area contributed by atoms with E-state index >= 15 is 0 Å². The molecule has 1 saturated heterocycles. The monoisotopic (exact) mass is 511 g/mol. The average molecular weight is 512 g/mol. The summed E-state index contributed by atoms with van der Waals surface area (Å²) in [7, 11) is -2.08. The summed E-state index contributed by atoms with van der Waals surface area (Å²) < 4.78 is 60.3. The Labute approximate surface area is 199 Å². The second kappa shape index (κ2) is 9.76. The molecule has 182 valence electrons. The van der Waals surface area contributed by atoms with Gasteiger partial charge in [-0.1, -0.05) is 17.4 Å². The first-order chi connectivity index (χ1) is 16.2. The number of benzene rings is 1. The molecule has 2 aromatic rings. The fraction of sp³-hybridized carbons (Fsp3) is 0.381. The van der Waals surface area contributed by atoms with Gasteiger partial charge in [0.05, 0.1) is 12.7 Å². The van der Waals surface area contributed by atoms with E-state index in [9.17, 15) is 22.0 Å². The molecule has 1 aromatic heterocycles. The van der Waals surface area contributed by atoms with Crippen molar-refractivity contribution in [3.05, 3.63) is 52.2 Å². The number of piperidine rings is 1. The van der Waals surface area contributed by atoms with Crippen LogP contribution in [0.15, 0.2) is 35.2 Å². The molecular weight excluding hydrogens is 488 g/mol. The van der Waals surface area contributed by atoms with E-state index in [0.29, 0.717) is 43.4 Å². The highest BCUT2D eigenvalue weighted by molar-refractivity contribution is 7.90. The molecule has 34 heavy (non-hydrogen) atoms. The van der Waals surface area contributed by atoms with E-state index in [1.165, 1.54) is 23.7 Å². The van der Waals surface area contributed by atoms with Crippen molar-refractivity contribution in [1.82, 2.24) is 9.29 Å². The van der Waals surface area contributed by atoms with E-state index in [2.05, 4.69) is 15.3 Å². The SMILES string of the molecule is COC1=CCC(S(=O)(=O)N2CCC(Nc3nc(N)c(C(=O)c4c(F)cccc4F)s3)CC2)C=N1. The number of aliphatic imine (C=N–C) groups is 1. The third kappa shape index (κ3) is 4.81. The van der Waals surface area contributed by atoms with Crippen molar-refractivity contribution in [2.24, 2.45) is 4.99 Å². The maximum atomic E-state index is 14.0. The van der Waals surface area contributed by atoms with Gasteiger partial charge in [-0.15, -0.1) is 0 Å². The van der Waals surface area contributed by atoms with E-state index in [-0.39, 0.29) is 16.7 Å². The molecule has 2 aliphatic heterocycles. The molecule has 1 atom stereocenters. The number of hydrogen-bond donors (Lipinski definition) is 2. The number of nitrogens with zero attached hydrogens (tertiary/aromatic N) is 3. The van der Waals surface area contributed by atoms with Gasteiger partial charge in [-0.3, -0.25) is 4.79 Å². The zero-order valence-corrected chi connectivity index (χ0v) is 19.8. The van der Waals surface area contributed by atoms with Gasteiger partial charge >= 0.3 is 0 Å². The van der Waals surface area contributed by atoms with Crippen molar-refractivity contribution in [3.8, 4) is 0 Å². The Balaban J connectivity index is 1.38. The number of nitrogens with two attached hydrogens (primary N) is 1. The zero-order chi connectivity index (χ0) is 24.5. The van der Waals surface area contributed by atoms with Crippen molar-refractivity contribution in [2.45, 2.75) is 30.6 Å². The van der Waals surface area contributed by atoms with Gasteiger partial charge in [0.25, 0.3) is 0 Å². The smallest absolute Gasteiger partial charge is 0.222 e. The minimum absolute atomic E-state index is 0.0633. The fourth-order valence-electron chi connectivity index (χ4n) is 3.83. The molecular formula is C21H23F2N5O4S2. The first-order valence-corrected chi connectivity index (χ1v) is 12.8. The van der Waals surface area contributed by atoms with Gasteiger partial charge in [0.1, 0.15) is 27.6 Å². The van der Waals surface area contributed by atoms with E-state index < -0.39 is 38.3 Å². The second-order valence-corrected chi connectivity index (χ2v) is 11.0. The van der Waals surface area contributed by atoms with E-state index in [4.69, 9.17) is 10.5 Å². The zero-order valence-electron chi connectivity index (χ0n) is 18.2. The van der Waals surface area contributed by atoms with Gasteiger partial charge in [0.15, 0.2) is 5.13 Å². The Morgan fingerprint density at radius 3 is 2.53 bits per heavy atom. The number of sulfonamides is 1. The van der Waals surface area contributed by atoms with Crippen LogP contribution >= 0.6 is 11.3 Å². The number of ketones is 1. The van der Waals surface area contributed by atoms with Crippen LogP contribution in [0, 0.1) is 11.6 Å². The first-order valence-electron chi connectivity index (χ1n) is 10.5. The summed E-state index contributed by atoms with van der Waals surface area (Å²) in [6, 6.07) is 3.07. The van der Waals surface area contributed by atoms with Crippen molar-refractivity contribution in [1.29, 1.82) is 0 Å². The molecule has 2 aliphatic rings. The molecule has 1 fully saturated rings. The number of halogens is 2. The van der Waals surface area contributed by atoms with Crippen LogP contribution in [0.2, 0.25) is 0 Å². The third-order valence-corrected chi connectivity index (χ3v) is 8.84. The number of allylic oxidation sites excluding steroid dienone is 1. The number of carbonyl (C=O) groups excluding carboxylic acids is 1. The summed E-state index contributed by atoms with van der Waals surface area (Å²) in [5.74, 6) is -2.55. The van der Waals surface area contributed by atoms with E-state index in [0.717, 1.165) is 23.5 Å². The molecule has 13 heteroatoms. The summed E-state index contributed by atoms with van der Waals surface area (Å²) in [4.78, 5) is 20.7. The molecule has 1 unspecified atom stereocenters. The molecule has 0 radical (unpaired) electrons. The topological polar surface area (TPSA) is 127 Å². The largest absolute Gasteiger partial charge is 0.481 e. The summed E-state index contributed by atoms with van der Waals surface area (Å²) in [5, 5.41) is 2.75. The Morgan fingerprint density at radius 2 is 1.94 bits per heavy atom. The van der Waals surface area contributed by atoms with Crippen LogP contribution in [0.4, 0.5) is 19.7 Å². The van der Waals surface area contributed by atoms with E-state index in [1.54, 1.807) is 6.08 Å². The lowest BCUT2D eigenvalue weighted by Gasteiger charge is -2.33. The first kappa shape index (κ1) is 24.2. The highest BCUT2D eigenvalue weighted by atomic mass is 32.2. The molecule has 0 aliphatic carbocycles. The number of aromatic nitrogens is 1. The van der Waals surface area contributed by atoms with Gasteiger partial charge in [-0.25, -0.2) is 31.5 Å². The fourth-order valence-corrected chi connectivity index (χ4v) is 6.39. The number of carbonyl (C=O) groups is 1. The second-order valence-electron chi connectivity index (χ2n) is 7.82. The number of rotatable bonds is 7. The summed E-state index contributed by atoms with van der Waals surface area (Å²) in [5.41, 5.74) is 5.17. The van der Waals surface area contributed by atoms with E-state index in [1.807, 2.05) is 0 Å². The van der Waals surface area contributed by atoms with Crippen molar-refractivity contribution in [3.63, 3.8) is 0 Å². The quantitative estimate of drug-likeness (QED) is 0.547. The molecule has 9 nitrogen and oxygen atoms in total. The number of nitrogen functional groups attached to an aromatic ring is 1. The molecule has 3 heterocycles. The predicted molar refractivity (Wildman–Crippen MR) is 125 cm³/mol. The maximum Gasteiger partial charge on any atom is 0.222 e. The van der Waals surface area contributed by atoms with Crippen LogP contribution in [-0.2, 0) is 14.8 Å². The standard InChI is InChI=1S/C21H23F2N5O4S2/c1-32-16-6-5-13(11-25-16)34(30,31)28-9-7-12(8-10-28)26-21-27-20(24)19(33-21)18(29)17-14(22)3-2-4-15(17)23/h2-4,6,11-13H,5,7-10,24H2,1H3,(H,26,27). The number of anilines is 2. The Kier molecular flexibility index (Phi) is 6.96. The molecule has 0 bridgehead atoms. The van der Waals surface area contributed by atoms with Crippen LogP contribution in [0.1, 0.15) is 34.5 Å². The van der Waals surface area contributed by atoms with Gasteiger partial charge < -0.3 is 15.8 Å². The molecule has 0 spiro atoms. The van der Waals surface area contributed by atoms with Crippen LogP contribution in [0.3, 0.4) is 0 Å². The summed E-state index contributed by atoms with van der Waals surface area (Å²) in [6.07, 6.45) is 4.36. The maximum absolute atomic E-state index is 14.0. The summed E-state index contributed by atoms with van der Waals surface area (Å²) in [6.45, 7) is 0.608. The van der Waals surface area contributed by atoms with Crippen LogP contribution < -0.4 is 11.1 Å². The van der Waals surface area contributed by atoms with Crippen molar-refractivity contribution >= 4 is 44.3 Å². The van der Waals surface area contributed by atoms with Crippen molar-refractivity contribution < 1.29 is 26.7 Å². The Bertz CT molecular complexity index is 1230. The van der Waals surface area contributed by atoms with Crippen LogP contribution in [-0.4, -0.2) is 61.2 Å². The van der Waals surface area contributed by atoms with Gasteiger partial charge in [0.2, 0.25) is 21.7 Å². The molecule has 0 amide bonds. The van der Waals surface area contributed by atoms with Gasteiger partial charge in [-0.05, 0) is 37.5 Å². The minimum atomic E-state index is -3.56.